The van der Waals surface area contributed by atoms with Crippen molar-refractivity contribution in [3.8, 4) is 16.2 Å². The number of nitrogens with zero attached hydrogens (tertiary/aromatic N) is 1. The molecule has 7 heteroatoms. The Bertz CT molecular complexity index is 1090. The van der Waals surface area contributed by atoms with Crippen LogP contribution in [-0.4, -0.2) is 50.1 Å². The first-order valence-corrected chi connectivity index (χ1v) is 11.4. The summed E-state index contributed by atoms with van der Waals surface area (Å²) >= 11 is 1.45. The first-order chi connectivity index (χ1) is 15.6. The Morgan fingerprint density at radius 2 is 1.75 bits per heavy atom. The standard InChI is InChI=1S/C25H26N2O4S/c1-17-22(25(29)27-12-14-31-15-13-27)24(32-23(17)19-6-4-3-5-7-19)26-21(28)16-18-8-10-20(30-2)11-9-18/h3-11H,12-16H2,1-2H3,(H,26,28). The molecule has 1 aliphatic heterocycles. The molecule has 0 saturated carbocycles. The molecule has 0 bridgehead atoms. The van der Waals surface area contributed by atoms with Gasteiger partial charge in [-0.15, -0.1) is 11.3 Å². The van der Waals surface area contributed by atoms with Gasteiger partial charge in [0.1, 0.15) is 10.8 Å². The molecule has 32 heavy (non-hydrogen) atoms. The second-order valence-corrected chi connectivity index (χ2v) is 8.62. The molecule has 0 spiro atoms. The van der Waals surface area contributed by atoms with Crippen molar-refractivity contribution in [3.63, 3.8) is 0 Å². The minimum atomic E-state index is -0.160. The van der Waals surface area contributed by atoms with Crippen molar-refractivity contribution in [1.29, 1.82) is 0 Å². The monoisotopic (exact) mass is 450 g/mol. The molecule has 0 unspecified atom stereocenters. The van der Waals surface area contributed by atoms with Gasteiger partial charge in [-0.25, -0.2) is 0 Å². The SMILES string of the molecule is COc1ccc(CC(=O)Nc2sc(-c3ccccc3)c(C)c2C(=O)N2CCOCC2)cc1. The van der Waals surface area contributed by atoms with Gasteiger partial charge in [0, 0.05) is 18.0 Å². The fourth-order valence-electron chi connectivity index (χ4n) is 3.75. The fraction of sp³-hybridized carbons (Fsp3) is 0.280. The van der Waals surface area contributed by atoms with E-state index >= 15 is 0 Å². The Morgan fingerprint density at radius 3 is 2.41 bits per heavy atom. The van der Waals surface area contributed by atoms with Crippen LogP contribution >= 0.6 is 11.3 Å². The molecule has 2 aromatic carbocycles. The van der Waals surface area contributed by atoms with Gasteiger partial charge in [0.15, 0.2) is 0 Å². The normalized spacial score (nSPS) is 13.6. The van der Waals surface area contributed by atoms with E-state index in [-0.39, 0.29) is 18.2 Å². The summed E-state index contributed by atoms with van der Waals surface area (Å²) < 4.78 is 10.6. The Balaban J connectivity index is 1.62. The van der Waals surface area contributed by atoms with Crippen LogP contribution in [0.15, 0.2) is 54.6 Å². The molecule has 1 aromatic heterocycles. The zero-order valence-electron chi connectivity index (χ0n) is 18.2. The largest absolute Gasteiger partial charge is 0.497 e. The van der Waals surface area contributed by atoms with Crippen LogP contribution in [0.1, 0.15) is 21.5 Å². The van der Waals surface area contributed by atoms with E-state index in [9.17, 15) is 9.59 Å². The molecule has 3 aromatic rings. The Kier molecular flexibility index (Phi) is 6.87. The molecule has 0 atom stereocenters. The summed E-state index contributed by atoms with van der Waals surface area (Å²) in [6, 6.07) is 17.3. The third-order valence-corrected chi connectivity index (χ3v) is 6.73. The Morgan fingerprint density at radius 1 is 1.06 bits per heavy atom. The number of hydrogen-bond acceptors (Lipinski definition) is 5. The summed E-state index contributed by atoms with van der Waals surface area (Å²) in [6.07, 6.45) is 0.215. The van der Waals surface area contributed by atoms with Crippen molar-refractivity contribution in [1.82, 2.24) is 4.90 Å². The van der Waals surface area contributed by atoms with Crippen LogP contribution in [0.25, 0.3) is 10.4 Å². The number of carbonyl (C=O) groups excluding carboxylic acids is 2. The van der Waals surface area contributed by atoms with Gasteiger partial charge in [-0.1, -0.05) is 42.5 Å². The molecule has 2 heterocycles. The number of benzene rings is 2. The zero-order chi connectivity index (χ0) is 22.5. The molecule has 0 radical (unpaired) electrons. The molecule has 1 saturated heterocycles. The predicted molar refractivity (Wildman–Crippen MR) is 127 cm³/mol. The number of rotatable bonds is 6. The van der Waals surface area contributed by atoms with Gasteiger partial charge in [0.05, 0.1) is 32.3 Å². The maximum absolute atomic E-state index is 13.4. The van der Waals surface area contributed by atoms with Crippen LogP contribution in [0, 0.1) is 6.92 Å². The number of hydrogen-bond donors (Lipinski definition) is 1. The zero-order valence-corrected chi connectivity index (χ0v) is 19.0. The molecule has 1 fully saturated rings. The third-order valence-electron chi connectivity index (χ3n) is 5.47. The van der Waals surface area contributed by atoms with Crippen molar-refractivity contribution in [3.05, 3.63) is 71.3 Å². The van der Waals surface area contributed by atoms with E-state index in [0.29, 0.717) is 36.9 Å². The van der Waals surface area contributed by atoms with E-state index in [0.717, 1.165) is 27.3 Å². The maximum atomic E-state index is 13.4. The molecular weight excluding hydrogens is 424 g/mol. The molecule has 4 rings (SSSR count). The lowest BCUT2D eigenvalue weighted by molar-refractivity contribution is -0.115. The highest BCUT2D eigenvalue weighted by Gasteiger charge is 2.28. The minimum Gasteiger partial charge on any atom is -0.497 e. The second kappa shape index (κ2) is 9.97. The summed E-state index contributed by atoms with van der Waals surface area (Å²) in [5.41, 5.74) is 3.36. The summed E-state index contributed by atoms with van der Waals surface area (Å²) in [6.45, 7) is 4.10. The van der Waals surface area contributed by atoms with Crippen LogP contribution in [0.2, 0.25) is 0 Å². The smallest absolute Gasteiger partial charge is 0.257 e. The van der Waals surface area contributed by atoms with Crippen LogP contribution in [0.4, 0.5) is 5.00 Å². The van der Waals surface area contributed by atoms with Crippen molar-refractivity contribution < 1.29 is 19.1 Å². The topological polar surface area (TPSA) is 67.9 Å². The van der Waals surface area contributed by atoms with E-state index < -0.39 is 0 Å². The highest BCUT2D eigenvalue weighted by molar-refractivity contribution is 7.20. The number of amides is 2. The van der Waals surface area contributed by atoms with E-state index in [1.807, 2.05) is 61.5 Å². The van der Waals surface area contributed by atoms with E-state index in [1.165, 1.54) is 11.3 Å². The highest BCUT2D eigenvalue weighted by Crippen LogP contribution is 2.40. The second-order valence-electron chi connectivity index (χ2n) is 7.60. The lowest BCUT2D eigenvalue weighted by Gasteiger charge is -2.27. The number of methoxy groups -OCH3 is 1. The third kappa shape index (κ3) is 4.84. The number of anilines is 1. The minimum absolute atomic E-state index is 0.0658. The number of carbonyl (C=O) groups is 2. The first-order valence-electron chi connectivity index (χ1n) is 10.6. The average Bonchev–Trinajstić information content (AvgIpc) is 3.15. The van der Waals surface area contributed by atoms with Gasteiger partial charge >= 0.3 is 0 Å². The van der Waals surface area contributed by atoms with Gasteiger partial charge < -0.3 is 19.7 Å². The van der Waals surface area contributed by atoms with E-state index in [1.54, 1.807) is 12.0 Å². The number of morpholine rings is 1. The van der Waals surface area contributed by atoms with E-state index in [4.69, 9.17) is 9.47 Å². The van der Waals surface area contributed by atoms with Crippen LogP contribution in [-0.2, 0) is 16.0 Å². The average molecular weight is 451 g/mol. The lowest BCUT2D eigenvalue weighted by Crippen LogP contribution is -2.41. The summed E-state index contributed by atoms with van der Waals surface area (Å²) in [7, 11) is 1.61. The van der Waals surface area contributed by atoms with Gasteiger partial charge in [0.2, 0.25) is 5.91 Å². The van der Waals surface area contributed by atoms with Gasteiger partial charge in [-0.05, 0) is 35.7 Å². The quantitative estimate of drug-likeness (QED) is 0.605. The summed E-state index contributed by atoms with van der Waals surface area (Å²) in [5.74, 6) is 0.518. The molecule has 166 valence electrons. The predicted octanol–water partition coefficient (Wildman–Crippen LogP) is 4.39. The molecule has 1 N–H and O–H groups in total. The van der Waals surface area contributed by atoms with Crippen molar-refractivity contribution in [2.24, 2.45) is 0 Å². The lowest BCUT2D eigenvalue weighted by atomic mass is 10.1. The molecule has 1 aliphatic rings. The summed E-state index contributed by atoms with van der Waals surface area (Å²) in [5, 5.41) is 3.60. The Labute approximate surface area is 191 Å². The van der Waals surface area contributed by atoms with Crippen LogP contribution in [0.5, 0.6) is 5.75 Å². The van der Waals surface area contributed by atoms with Gasteiger partial charge in [-0.2, -0.15) is 0 Å². The summed E-state index contributed by atoms with van der Waals surface area (Å²) in [4.78, 5) is 29.1. The van der Waals surface area contributed by atoms with Gasteiger partial charge in [0.25, 0.3) is 5.91 Å². The van der Waals surface area contributed by atoms with E-state index in [2.05, 4.69) is 5.32 Å². The molecule has 6 nitrogen and oxygen atoms in total. The van der Waals surface area contributed by atoms with Crippen LogP contribution < -0.4 is 10.1 Å². The van der Waals surface area contributed by atoms with Crippen molar-refractivity contribution >= 4 is 28.2 Å². The molecule has 0 aliphatic carbocycles. The fourth-order valence-corrected chi connectivity index (χ4v) is 4.97. The highest BCUT2D eigenvalue weighted by atomic mass is 32.1. The molecule has 2 amide bonds. The maximum Gasteiger partial charge on any atom is 0.257 e. The van der Waals surface area contributed by atoms with Gasteiger partial charge in [-0.3, -0.25) is 9.59 Å². The van der Waals surface area contributed by atoms with Crippen molar-refractivity contribution in [2.75, 3.05) is 38.7 Å². The number of ether oxygens (including phenoxy) is 2. The first kappa shape index (κ1) is 22.0. The number of thiophene rings is 1. The number of nitrogens with one attached hydrogen (secondary N) is 1. The van der Waals surface area contributed by atoms with Crippen LogP contribution in [0.3, 0.4) is 0 Å². The van der Waals surface area contributed by atoms with Crippen molar-refractivity contribution in [2.45, 2.75) is 13.3 Å². The Hall–Kier alpha value is -3.16. The molecular formula is C25H26N2O4S.